The maximum absolute atomic E-state index is 5.71. The third kappa shape index (κ3) is 4.76. The highest BCUT2D eigenvalue weighted by atomic mass is 35.5. The Hall–Kier alpha value is -0.570. The first-order chi connectivity index (χ1) is 9.69. The molecule has 20 heavy (non-hydrogen) atoms. The van der Waals surface area contributed by atoms with E-state index in [2.05, 4.69) is 43.0 Å². The van der Waals surface area contributed by atoms with Crippen LogP contribution in [0.2, 0.25) is 0 Å². The minimum atomic E-state index is 0.410. The van der Waals surface area contributed by atoms with Gasteiger partial charge in [0.15, 0.2) is 0 Å². The van der Waals surface area contributed by atoms with Gasteiger partial charge in [0, 0.05) is 25.5 Å². The maximum Gasteiger partial charge on any atom is 0.0605 e. The van der Waals surface area contributed by atoms with Crippen molar-refractivity contribution in [2.75, 3.05) is 25.6 Å². The van der Waals surface area contributed by atoms with E-state index in [0.717, 1.165) is 32.5 Å². The third-order valence-corrected chi connectivity index (χ3v) is 4.17. The summed E-state index contributed by atoms with van der Waals surface area (Å²) in [7, 11) is 0. The number of nitrogens with zero attached hydrogens (tertiary/aromatic N) is 1. The molecule has 0 saturated carbocycles. The van der Waals surface area contributed by atoms with Crippen LogP contribution in [0.3, 0.4) is 0 Å². The first-order valence-electron chi connectivity index (χ1n) is 7.68. The van der Waals surface area contributed by atoms with Crippen molar-refractivity contribution in [3.05, 3.63) is 35.4 Å². The van der Waals surface area contributed by atoms with Gasteiger partial charge in [-0.25, -0.2) is 0 Å². The topological polar surface area (TPSA) is 12.5 Å². The normalized spacial score (nSPS) is 17.8. The molecule has 1 aliphatic rings. The van der Waals surface area contributed by atoms with Gasteiger partial charge in [0.1, 0.15) is 0 Å². The largest absolute Gasteiger partial charge is 0.377 e. The molecule has 1 aromatic rings. The van der Waals surface area contributed by atoms with Crippen LogP contribution >= 0.6 is 11.6 Å². The van der Waals surface area contributed by atoms with Gasteiger partial charge in [-0.3, -0.25) is 4.90 Å². The second kappa shape index (κ2) is 8.02. The molecule has 2 rings (SSSR count). The van der Waals surface area contributed by atoms with E-state index in [1.54, 1.807) is 0 Å². The lowest BCUT2D eigenvalue weighted by molar-refractivity contribution is 0.0134. The van der Waals surface area contributed by atoms with Gasteiger partial charge in [0.25, 0.3) is 0 Å². The summed E-state index contributed by atoms with van der Waals surface area (Å²) in [5.41, 5.74) is 2.83. The predicted octanol–water partition coefficient (Wildman–Crippen LogP) is 4.03. The van der Waals surface area contributed by atoms with Crippen molar-refractivity contribution in [3.63, 3.8) is 0 Å². The van der Waals surface area contributed by atoms with E-state index < -0.39 is 0 Å². The number of hydrogen-bond donors (Lipinski definition) is 0. The molecule has 0 unspecified atom stereocenters. The predicted molar refractivity (Wildman–Crippen MR) is 85.5 cm³/mol. The number of alkyl halides is 1. The Morgan fingerprint density at radius 2 is 1.85 bits per heavy atom. The number of likely N-dealkylation sites (tertiary alicyclic amines) is 1. The molecule has 0 amide bonds. The molecule has 0 N–H and O–H groups in total. The van der Waals surface area contributed by atoms with Crippen molar-refractivity contribution in [3.8, 4) is 0 Å². The molecule has 0 atom stereocenters. The summed E-state index contributed by atoms with van der Waals surface area (Å²) in [6, 6.07) is 9.06. The van der Waals surface area contributed by atoms with E-state index in [4.69, 9.17) is 16.3 Å². The standard InChI is InChI=1S/C17H26ClNO/c1-14(2)16-5-3-15(4-6-16)13-19-10-7-17(8-11-19)20-12-9-18/h3-6,14,17H,7-13H2,1-2H3. The van der Waals surface area contributed by atoms with E-state index in [9.17, 15) is 0 Å². The molecular weight excluding hydrogens is 270 g/mol. The zero-order valence-corrected chi connectivity index (χ0v) is 13.4. The van der Waals surface area contributed by atoms with Crippen molar-refractivity contribution in [2.45, 2.75) is 45.3 Å². The Bertz CT molecular complexity index is 382. The second-order valence-corrected chi connectivity index (χ2v) is 6.31. The number of rotatable bonds is 6. The molecule has 3 heteroatoms. The molecule has 1 saturated heterocycles. The first kappa shape index (κ1) is 15.8. The lowest BCUT2D eigenvalue weighted by Crippen LogP contribution is -2.36. The van der Waals surface area contributed by atoms with Crippen LogP contribution < -0.4 is 0 Å². The Labute approximate surface area is 128 Å². The van der Waals surface area contributed by atoms with Gasteiger partial charge < -0.3 is 4.74 Å². The van der Waals surface area contributed by atoms with Gasteiger partial charge in [0.2, 0.25) is 0 Å². The summed E-state index contributed by atoms with van der Waals surface area (Å²) in [5, 5.41) is 0. The monoisotopic (exact) mass is 295 g/mol. The van der Waals surface area contributed by atoms with E-state index >= 15 is 0 Å². The van der Waals surface area contributed by atoms with Gasteiger partial charge in [-0.1, -0.05) is 38.1 Å². The van der Waals surface area contributed by atoms with E-state index in [-0.39, 0.29) is 0 Å². The Kier molecular flexibility index (Phi) is 6.34. The van der Waals surface area contributed by atoms with Gasteiger partial charge >= 0.3 is 0 Å². The molecule has 1 aromatic carbocycles. The first-order valence-corrected chi connectivity index (χ1v) is 8.21. The number of benzene rings is 1. The Morgan fingerprint density at radius 3 is 2.40 bits per heavy atom. The highest BCUT2D eigenvalue weighted by Gasteiger charge is 2.19. The minimum absolute atomic E-state index is 0.410. The molecule has 0 spiro atoms. The number of hydrogen-bond acceptors (Lipinski definition) is 2. The molecule has 1 aliphatic heterocycles. The lowest BCUT2D eigenvalue weighted by atomic mass is 10.0. The van der Waals surface area contributed by atoms with E-state index in [1.807, 2.05) is 0 Å². The summed E-state index contributed by atoms with van der Waals surface area (Å²) >= 11 is 5.66. The molecule has 0 bridgehead atoms. The van der Waals surface area contributed by atoms with Crippen molar-refractivity contribution in [1.82, 2.24) is 4.90 Å². The van der Waals surface area contributed by atoms with Crippen molar-refractivity contribution < 1.29 is 4.74 Å². The van der Waals surface area contributed by atoms with Gasteiger partial charge in [-0.15, -0.1) is 11.6 Å². The second-order valence-electron chi connectivity index (χ2n) is 5.93. The summed E-state index contributed by atoms with van der Waals surface area (Å²) in [6.07, 6.45) is 2.66. The van der Waals surface area contributed by atoms with Crippen LogP contribution in [-0.4, -0.2) is 36.6 Å². The summed E-state index contributed by atoms with van der Waals surface area (Å²) in [4.78, 5) is 2.52. The van der Waals surface area contributed by atoms with Crippen molar-refractivity contribution in [1.29, 1.82) is 0 Å². The fourth-order valence-electron chi connectivity index (χ4n) is 2.71. The average Bonchev–Trinajstić information content (AvgIpc) is 2.47. The van der Waals surface area contributed by atoms with Crippen molar-refractivity contribution in [2.24, 2.45) is 0 Å². The summed E-state index contributed by atoms with van der Waals surface area (Å²) < 4.78 is 5.71. The van der Waals surface area contributed by atoms with Crippen LogP contribution in [0, 0.1) is 0 Å². The summed E-state index contributed by atoms with van der Waals surface area (Å²) in [6.45, 7) is 8.46. The SMILES string of the molecule is CC(C)c1ccc(CN2CCC(OCCCl)CC2)cc1. The Balaban J connectivity index is 1.77. The lowest BCUT2D eigenvalue weighted by Gasteiger charge is -2.31. The smallest absolute Gasteiger partial charge is 0.0605 e. The quantitative estimate of drug-likeness (QED) is 0.735. The van der Waals surface area contributed by atoms with Gasteiger partial charge in [-0.2, -0.15) is 0 Å². The minimum Gasteiger partial charge on any atom is -0.377 e. The highest BCUT2D eigenvalue weighted by molar-refractivity contribution is 6.17. The average molecular weight is 296 g/mol. The van der Waals surface area contributed by atoms with Crippen LogP contribution in [0.1, 0.15) is 43.7 Å². The molecule has 2 nitrogen and oxygen atoms in total. The molecule has 0 aromatic heterocycles. The third-order valence-electron chi connectivity index (χ3n) is 4.02. The van der Waals surface area contributed by atoms with Crippen LogP contribution in [0.5, 0.6) is 0 Å². The highest BCUT2D eigenvalue weighted by Crippen LogP contribution is 2.18. The molecule has 112 valence electrons. The molecular formula is C17H26ClNO. The maximum atomic E-state index is 5.71. The summed E-state index contributed by atoms with van der Waals surface area (Å²) in [5.74, 6) is 1.21. The number of piperidine rings is 1. The van der Waals surface area contributed by atoms with Crippen LogP contribution in [0.15, 0.2) is 24.3 Å². The Morgan fingerprint density at radius 1 is 1.20 bits per heavy atom. The van der Waals surface area contributed by atoms with Gasteiger partial charge in [-0.05, 0) is 29.9 Å². The fourth-order valence-corrected chi connectivity index (χ4v) is 2.80. The van der Waals surface area contributed by atoms with E-state index in [0.29, 0.717) is 24.5 Å². The van der Waals surface area contributed by atoms with Crippen LogP contribution in [-0.2, 0) is 11.3 Å². The van der Waals surface area contributed by atoms with Gasteiger partial charge in [0.05, 0.1) is 12.7 Å². The number of halogens is 1. The molecule has 0 aliphatic carbocycles. The zero-order chi connectivity index (χ0) is 14.4. The molecule has 0 radical (unpaired) electrons. The van der Waals surface area contributed by atoms with Crippen LogP contribution in [0.4, 0.5) is 0 Å². The van der Waals surface area contributed by atoms with E-state index in [1.165, 1.54) is 11.1 Å². The zero-order valence-electron chi connectivity index (χ0n) is 12.6. The molecule has 1 heterocycles. The van der Waals surface area contributed by atoms with Crippen LogP contribution in [0.25, 0.3) is 0 Å². The fraction of sp³-hybridized carbons (Fsp3) is 0.647. The van der Waals surface area contributed by atoms with Crippen molar-refractivity contribution >= 4 is 11.6 Å². The number of ether oxygens (including phenoxy) is 1. The molecule has 1 fully saturated rings.